The number of carbonyl (C=O) groups is 1. The minimum atomic E-state index is -0.442. The quantitative estimate of drug-likeness (QED) is 0.789. The molecule has 0 aliphatic heterocycles. The Balaban J connectivity index is 1.98. The van der Waals surface area contributed by atoms with Crippen molar-refractivity contribution in [3.63, 3.8) is 0 Å². The molecule has 24 heavy (non-hydrogen) atoms. The van der Waals surface area contributed by atoms with Crippen LogP contribution in [-0.2, 0) is 13.1 Å². The highest BCUT2D eigenvalue weighted by Crippen LogP contribution is 2.17. The first-order chi connectivity index (χ1) is 11.6. The van der Waals surface area contributed by atoms with Crippen LogP contribution in [0, 0.1) is 0 Å². The number of hydrogen-bond acceptors (Lipinski definition) is 4. The summed E-state index contributed by atoms with van der Waals surface area (Å²) in [6.45, 7) is 2.80. The van der Waals surface area contributed by atoms with Crippen LogP contribution in [0.15, 0.2) is 47.8 Å². The molecular weight excluding hydrogens is 328 g/mol. The molecule has 0 atom stereocenters. The fourth-order valence-electron chi connectivity index (χ4n) is 2.48. The summed E-state index contributed by atoms with van der Waals surface area (Å²) >= 11 is 6.00. The Bertz CT molecular complexity index is 954. The molecule has 3 rings (SSSR count). The van der Waals surface area contributed by atoms with Crippen LogP contribution in [-0.4, -0.2) is 20.4 Å². The average molecular weight is 343 g/mol. The lowest BCUT2D eigenvalue weighted by molar-refractivity contribution is 0.0949. The molecule has 0 radical (unpaired) electrons. The van der Waals surface area contributed by atoms with Gasteiger partial charge in [-0.3, -0.25) is 9.59 Å². The number of nitrogens with one attached hydrogen (secondary N) is 1. The Morgan fingerprint density at radius 1 is 1.33 bits per heavy atom. The van der Waals surface area contributed by atoms with Gasteiger partial charge in [0.15, 0.2) is 0 Å². The van der Waals surface area contributed by atoms with E-state index >= 15 is 0 Å². The highest BCUT2D eigenvalue weighted by molar-refractivity contribution is 6.31. The van der Waals surface area contributed by atoms with Gasteiger partial charge in [-0.2, -0.15) is 0 Å². The summed E-state index contributed by atoms with van der Waals surface area (Å²) in [6.07, 6.45) is 4.58. The van der Waals surface area contributed by atoms with E-state index in [1.807, 2.05) is 11.5 Å². The predicted molar refractivity (Wildman–Crippen MR) is 92.1 cm³/mol. The zero-order valence-corrected chi connectivity index (χ0v) is 13.7. The first-order valence-corrected chi connectivity index (χ1v) is 7.83. The van der Waals surface area contributed by atoms with Crippen LogP contribution in [0.3, 0.4) is 0 Å². The molecule has 0 spiro atoms. The number of halogens is 1. The Kier molecular flexibility index (Phi) is 4.57. The third-order valence-corrected chi connectivity index (χ3v) is 3.94. The van der Waals surface area contributed by atoms with Gasteiger partial charge in [-0.25, -0.2) is 9.97 Å². The third-order valence-electron chi connectivity index (χ3n) is 3.70. The fourth-order valence-corrected chi connectivity index (χ4v) is 2.65. The summed E-state index contributed by atoms with van der Waals surface area (Å²) in [7, 11) is 0. The van der Waals surface area contributed by atoms with Gasteiger partial charge >= 0.3 is 0 Å². The lowest BCUT2D eigenvalue weighted by Crippen LogP contribution is -2.29. The fraction of sp³-hybridized carbons (Fsp3) is 0.176. The molecule has 0 bridgehead atoms. The molecule has 0 aliphatic rings. The summed E-state index contributed by atoms with van der Waals surface area (Å²) in [5.74, 6) is -0.442. The van der Waals surface area contributed by atoms with Crippen LogP contribution in [0.5, 0.6) is 0 Å². The molecule has 7 heteroatoms. The Morgan fingerprint density at radius 3 is 2.88 bits per heavy atom. The highest BCUT2D eigenvalue weighted by Gasteiger charge is 2.15. The lowest BCUT2D eigenvalue weighted by Gasteiger charge is -2.12. The van der Waals surface area contributed by atoms with E-state index in [2.05, 4.69) is 15.3 Å². The SMILES string of the molecule is CCn1cc(C(=O)NCc2ccncn2)c(=O)c2cc(Cl)ccc21. The second kappa shape index (κ2) is 6.80. The van der Waals surface area contributed by atoms with Crippen LogP contribution >= 0.6 is 11.6 Å². The standard InChI is InChI=1S/C17H15ClN4O2/c1-2-22-9-14(16(23)13-7-11(18)3-4-15(13)22)17(24)20-8-12-5-6-19-10-21-12/h3-7,9-10H,2,8H2,1H3,(H,20,24). The van der Waals surface area contributed by atoms with E-state index in [0.717, 1.165) is 5.52 Å². The summed E-state index contributed by atoms with van der Waals surface area (Å²) < 4.78 is 1.85. The van der Waals surface area contributed by atoms with Crippen LogP contribution in [0.1, 0.15) is 23.0 Å². The minimum Gasteiger partial charge on any atom is -0.347 e. The van der Waals surface area contributed by atoms with Crippen LogP contribution in [0.4, 0.5) is 0 Å². The molecule has 0 saturated carbocycles. The molecule has 3 aromatic rings. The molecule has 1 N–H and O–H groups in total. The van der Waals surface area contributed by atoms with Gasteiger partial charge in [0.05, 0.1) is 17.8 Å². The topological polar surface area (TPSA) is 76.9 Å². The van der Waals surface area contributed by atoms with Crippen LogP contribution < -0.4 is 10.7 Å². The Morgan fingerprint density at radius 2 is 2.17 bits per heavy atom. The molecular formula is C17H15ClN4O2. The van der Waals surface area contributed by atoms with Crippen molar-refractivity contribution in [3.05, 3.63) is 69.5 Å². The molecule has 1 aromatic carbocycles. The maximum atomic E-state index is 12.6. The second-order valence-electron chi connectivity index (χ2n) is 5.20. The summed E-state index contributed by atoms with van der Waals surface area (Å²) in [5.41, 5.74) is 1.16. The molecule has 0 fully saturated rings. The van der Waals surface area contributed by atoms with Crippen molar-refractivity contribution in [1.82, 2.24) is 19.9 Å². The number of aryl methyl sites for hydroxylation is 1. The third kappa shape index (κ3) is 3.14. The van der Waals surface area contributed by atoms with Crippen molar-refractivity contribution in [2.24, 2.45) is 0 Å². The number of fused-ring (bicyclic) bond motifs is 1. The summed E-state index contributed by atoms with van der Waals surface area (Å²) in [5, 5.41) is 3.60. The molecule has 2 aromatic heterocycles. The number of pyridine rings is 1. The van der Waals surface area contributed by atoms with E-state index in [1.54, 1.807) is 36.7 Å². The van der Waals surface area contributed by atoms with Gasteiger partial charge in [0.1, 0.15) is 11.9 Å². The molecule has 2 heterocycles. The van der Waals surface area contributed by atoms with Crippen LogP contribution in [0.25, 0.3) is 10.9 Å². The van der Waals surface area contributed by atoms with Crippen LogP contribution in [0.2, 0.25) is 5.02 Å². The summed E-state index contributed by atoms with van der Waals surface area (Å²) in [4.78, 5) is 32.9. The molecule has 0 aliphatic carbocycles. The van der Waals surface area contributed by atoms with Crippen molar-refractivity contribution in [2.45, 2.75) is 20.0 Å². The zero-order chi connectivity index (χ0) is 17.1. The van der Waals surface area contributed by atoms with Gasteiger partial charge < -0.3 is 9.88 Å². The molecule has 0 saturated heterocycles. The Labute approximate surface area is 143 Å². The Hall–Kier alpha value is -2.73. The highest BCUT2D eigenvalue weighted by atomic mass is 35.5. The molecule has 0 unspecified atom stereocenters. The van der Waals surface area contributed by atoms with Crippen molar-refractivity contribution < 1.29 is 4.79 Å². The van der Waals surface area contributed by atoms with Crippen molar-refractivity contribution in [2.75, 3.05) is 0 Å². The van der Waals surface area contributed by atoms with E-state index in [9.17, 15) is 9.59 Å². The zero-order valence-electron chi connectivity index (χ0n) is 13.0. The van der Waals surface area contributed by atoms with Gasteiger partial charge in [-0.1, -0.05) is 11.6 Å². The smallest absolute Gasteiger partial charge is 0.257 e. The number of rotatable bonds is 4. The number of carbonyl (C=O) groups excluding carboxylic acids is 1. The van der Waals surface area contributed by atoms with E-state index in [1.165, 1.54) is 6.33 Å². The average Bonchev–Trinajstić information content (AvgIpc) is 2.61. The molecule has 122 valence electrons. The second-order valence-corrected chi connectivity index (χ2v) is 5.64. The minimum absolute atomic E-state index is 0.0840. The number of hydrogen-bond donors (Lipinski definition) is 1. The molecule has 1 amide bonds. The van der Waals surface area contributed by atoms with E-state index in [-0.39, 0.29) is 17.5 Å². The maximum absolute atomic E-state index is 12.6. The maximum Gasteiger partial charge on any atom is 0.257 e. The number of amides is 1. The van der Waals surface area contributed by atoms with E-state index in [4.69, 9.17) is 11.6 Å². The largest absolute Gasteiger partial charge is 0.347 e. The van der Waals surface area contributed by atoms with Crippen molar-refractivity contribution >= 4 is 28.4 Å². The number of benzene rings is 1. The first-order valence-electron chi connectivity index (χ1n) is 7.46. The first kappa shape index (κ1) is 16.1. The van der Waals surface area contributed by atoms with Gasteiger partial charge in [0.2, 0.25) is 5.43 Å². The van der Waals surface area contributed by atoms with Gasteiger partial charge in [-0.15, -0.1) is 0 Å². The monoisotopic (exact) mass is 342 g/mol. The molecule has 6 nitrogen and oxygen atoms in total. The van der Waals surface area contributed by atoms with Gasteiger partial charge in [0, 0.05) is 29.3 Å². The number of aromatic nitrogens is 3. The predicted octanol–water partition coefficient (Wildman–Crippen LogP) is 2.39. The summed E-state index contributed by atoms with van der Waals surface area (Å²) in [6, 6.07) is 6.80. The van der Waals surface area contributed by atoms with Gasteiger partial charge in [-0.05, 0) is 31.2 Å². The normalized spacial score (nSPS) is 10.8. The number of nitrogens with zero attached hydrogens (tertiary/aromatic N) is 3. The van der Waals surface area contributed by atoms with E-state index < -0.39 is 5.91 Å². The van der Waals surface area contributed by atoms with Gasteiger partial charge in [0.25, 0.3) is 5.91 Å². The van der Waals surface area contributed by atoms with Crippen molar-refractivity contribution in [1.29, 1.82) is 0 Å². The lowest BCUT2D eigenvalue weighted by atomic mass is 10.1. The van der Waals surface area contributed by atoms with Crippen molar-refractivity contribution in [3.8, 4) is 0 Å². The van der Waals surface area contributed by atoms with E-state index in [0.29, 0.717) is 22.6 Å².